The van der Waals surface area contributed by atoms with Gasteiger partial charge in [0.2, 0.25) is 0 Å². The van der Waals surface area contributed by atoms with Crippen LogP contribution in [0.2, 0.25) is 0 Å². The molecule has 1 aromatic carbocycles. The van der Waals surface area contributed by atoms with E-state index in [1.54, 1.807) is 62.3 Å². The Kier molecular flexibility index (Phi) is 5.08. The minimum absolute atomic E-state index is 0.0821. The Morgan fingerprint density at radius 2 is 1.86 bits per heavy atom. The van der Waals surface area contributed by atoms with Crippen LogP contribution in [0.25, 0.3) is 5.69 Å². The predicted octanol–water partition coefficient (Wildman–Crippen LogP) is 2.03. The lowest BCUT2D eigenvalue weighted by molar-refractivity contribution is -0.697. The maximum absolute atomic E-state index is 9.35. The number of aromatic amines is 1. The van der Waals surface area contributed by atoms with E-state index >= 15 is 0 Å². The molecule has 6 nitrogen and oxygen atoms in total. The third-order valence-electron chi connectivity index (χ3n) is 2.79. The monoisotopic (exact) mass is 353 g/mol. The van der Waals surface area contributed by atoms with Crippen LogP contribution in [-0.4, -0.2) is 38.1 Å². The van der Waals surface area contributed by atoms with Crippen molar-refractivity contribution in [2.75, 3.05) is 12.4 Å². The molecule has 0 amide bonds. The van der Waals surface area contributed by atoms with Gasteiger partial charge >= 0.3 is 5.16 Å². The Balaban J connectivity index is 1.70. The van der Waals surface area contributed by atoms with Gasteiger partial charge < -0.3 is 10.2 Å². The standard InChI is InChI=1S/C13H12N4O2S3/c18-7-11-5-6-12(22-21-11)8-20-13-14-15-16-17(13)9-1-3-10(19)4-2-9/h1-6,18-19H,7-8H2/p+1. The number of thioether (sulfide) groups is 1. The molecule has 0 spiro atoms. The molecular formula is C13H13N4O2S3+. The zero-order valence-electron chi connectivity index (χ0n) is 11.3. The SMILES string of the molecule is OCC1=CC=C(CSc2nn[nH][n+]2-c2ccc(O)cc2)SS1. The molecule has 2 aromatic rings. The van der Waals surface area contributed by atoms with E-state index in [9.17, 15) is 5.11 Å². The maximum Gasteiger partial charge on any atom is 0.365 e. The normalized spacial score (nSPS) is 14.6. The lowest BCUT2D eigenvalue weighted by Crippen LogP contribution is -2.35. The summed E-state index contributed by atoms with van der Waals surface area (Å²) in [5.41, 5.74) is 0.854. The fraction of sp³-hybridized carbons (Fsp3) is 0.154. The fourth-order valence-corrected chi connectivity index (χ4v) is 4.89. The molecule has 0 fully saturated rings. The predicted molar refractivity (Wildman–Crippen MR) is 88.7 cm³/mol. The van der Waals surface area contributed by atoms with Crippen LogP contribution in [0.1, 0.15) is 0 Å². The van der Waals surface area contributed by atoms with E-state index in [-0.39, 0.29) is 12.4 Å². The van der Waals surface area contributed by atoms with Gasteiger partial charge in [-0.2, -0.15) is 0 Å². The summed E-state index contributed by atoms with van der Waals surface area (Å²) < 4.78 is 1.76. The van der Waals surface area contributed by atoms with Crippen molar-refractivity contribution in [1.29, 1.82) is 0 Å². The highest BCUT2D eigenvalue weighted by atomic mass is 33.1. The molecular weight excluding hydrogens is 340 g/mol. The number of hydrogen-bond acceptors (Lipinski definition) is 7. The summed E-state index contributed by atoms with van der Waals surface area (Å²) in [5, 5.41) is 29.9. The van der Waals surface area contributed by atoms with Gasteiger partial charge in [0.25, 0.3) is 0 Å². The third kappa shape index (κ3) is 3.67. The lowest BCUT2D eigenvalue weighted by atomic mass is 10.3. The van der Waals surface area contributed by atoms with Crippen molar-refractivity contribution in [2.45, 2.75) is 5.16 Å². The molecule has 0 saturated carbocycles. The number of aromatic nitrogens is 4. The first kappa shape index (κ1) is 15.5. The molecule has 9 heteroatoms. The zero-order valence-corrected chi connectivity index (χ0v) is 13.8. The number of aliphatic hydroxyl groups excluding tert-OH is 1. The molecule has 1 aromatic heterocycles. The minimum Gasteiger partial charge on any atom is -0.508 e. The first-order valence-electron chi connectivity index (χ1n) is 6.36. The van der Waals surface area contributed by atoms with E-state index in [0.29, 0.717) is 0 Å². The Hall–Kier alpha value is -1.42. The molecule has 0 radical (unpaired) electrons. The highest BCUT2D eigenvalue weighted by molar-refractivity contribution is 8.79. The molecule has 0 bridgehead atoms. The highest BCUT2D eigenvalue weighted by Crippen LogP contribution is 2.41. The number of aliphatic hydroxyl groups is 1. The van der Waals surface area contributed by atoms with Gasteiger partial charge in [-0.1, -0.05) is 32.9 Å². The molecule has 0 unspecified atom stereocenters. The molecule has 1 aliphatic heterocycles. The second-order valence-corrected chi connectivity index (χ2v) is 7.64. The van der Waals surface area contributed by atoms with E-state index < -0.39 is 0 Å². The number of nitrogens with one attached hydrogen (secondary N) is 1. The van der Waals surface area contributed by atoms with E-state index in [0.717, 1.165) is 21.5 Å². The second-order valence-electron chi connectivity index (χ2n) is 4.31. The minimum atomic E-state index is 0.0821. The van der Waals surface area contributed by atoms with Gasteiger partial charge in [-0.3, -0.25) is 0 Å². The number of tetrazole rings is 1. The summed E-state index contributed by atoms with van der Waals surface area (Å²) in [6.45, 7) is 0.0821. The smallest absolute Gasteiger partial charge is 0.365 e. The van der Waals surface area contributed by atoms with Crippen molar-refractivity contribution in [3.05, 3.63) is 46.2 Å². The van der Waals surface area contributed by atoms with Gasteiger partial charge in [-0.15, -0.1) is 4.68 Å². The molecule has 0 aliphatic carbocycles. The summed E-state index contributed by atoms with van der Waals surface area (Å²) in [6.07, 6.45) is 3.96. The summed E-state index contributed by atoms with van der Waals surface area (Å²) in [7, 11) is 3.23. The van der Waals surface area contributed by atoms with Crippen LogP contribution in [-0.2, 0) is 0 Å². The summed E-state index contributed by atoms with van der Waals surface area (Å²) in [5.74, 6) is 0.996. The third-order valence-corrected chi connectivity index (χ3v) is 6.54. The molecule has 114 valence electrons. The van der Waals surface area contributed by atoms with Crippen LogP contribution in [0.4, 0.5) is 0 Å². The first-order chi connectivity index (χ1) is 10.8. The lowest BCUT2D eigenvalue weighted by Gasteiger charge is -2.10. The zero-order chi connectivity index (χ0) is 15.4. The maximum atomic E-state index is 9.35. The van der Waals surface area contributed by atoms with Gasteiger partial charge in [0.15, 0.2) is 5.21 Å². The fourth-order valence-electron chi connectivity index (χ4n) is 1.70. The number of benzene rings is 1. The van der Waals surface area contributed by atoms with Gasteiger partial charge in [0.05, 0.1) is 6.61 Å². The van der Waals surface area contributed by atoms with Crippen molar-refractivity contribution in [3.8, 4) is 11.4 Å². The number of phenols is 1. The van der Waals surface area contributed by atoms with E-state index in [1.807, 2.05) is 12.2 Å². The molecule has 0 saturated heterocycles. The second kappa shape index (κ2) is 7.23. The molecule has 22 heavy (non-hydrogen) atoms. The molecule has 2 heterocycles. The summed E-state index contributed by atoms with van der Waals surface area (Å²) in [4.78, 5) is 2.16. The Bertz CT molecular complexity index is 712. The Morgan fingerprint density at radius 3 is 2.55 bits per heavy atom. The van der Waals surface area contributed by atoms with E-state index in [1.165, 1.54) is 4.91 Å². The van der Waals surface area contributed by atoms with Gasteiger partial charge in [-0.05, 0) is 42.1 Å². The highest BCUT2D eigenvalue weighted by Gasteiger charge is 2.18. The van der Waals surface area contributed by atoms with Crippen molar-refractivity contribution >= 4 is 33.3 Å². The van der Waals surface area contributed by atoms with Gasteiger partial charge in [0.1, 0.15) is 16.5 Å². The topological polar surface area (TPSA) is 85.9 Å². The first-order valence-corrected chi connectivity index (χ1v) is 9.50. The number of hydrogen-bond donors (Lipinski definition) is 3. The average Bonchev–Trinajstić information content (AvgIpc) is 3.02. The van der Waals surface area contributed by atoms with Gasteiger partial charge in [-0.25, -0.2) is 0 Å². The Morgan fingerprint density at radius 1 is 1.14 bits per heavy atom. The number of H-pyrrole nitrogens is 1. The number of rotatable bonds is 5. The van der Waals surface area contributed by atoms with Crippen molar-refractivity contribution < 1.29 is 14.9 Å². The number of phenolic OH excluding ortho intramolecular Hbond substituents is 1. The number of nitrogens with zero attached hydrogens (tertiary/aromatic N) is 3. The van der Waals surface area contributed by atoms with Crippen LogP contribution >= 0.6 is 33.3 Å². The molecule has 3 rings (SSSR count). The summed E-state index contributed by atoms with van der Waals surface area (Å²) >= 11 is 1.57. The average molecular weight is 353 g/mol. The van der Waals surface area contributed by atoms with Crippen molar-refractivity contribution in [3.63, 3.8) is 0 Å². The molecule has 0 atom stereocenters. The van der Waals surface area contributed by atoms with Crippen LogP contribution in [0.5, 0.6) is 5.75 Å². The van der Waals surface area contributed by atoms with E-state index in [2.05, 4.69) is 15.5 Å². The van der Waals surface area contributed by atoms with Crippen molar-refractivity contribution in [2.24, 2.45) is 0 Å². The van der Waals surface area contributed by atoms with Gasteiger partial charge in [0, 0.05) is 15.6 Å². The quantitative estimate of drug-likeness (QED) is 0.431. The van der Waals surface area contributed by atoms with Crippen LogP contribution < -0.4 is 4.68 Å². The molecule has 3 N–H and O–H groups in total. The van der Waals surface area contributed by atoms with Crippen molar-refractivity contribution in [1.82, 2.24) is 15.5 Å². The largest absolute Gasteiger partial charge is 0.508 e. The summed E-state index contributed by atoms with van der Waals surface area (Å²) in [6, 6.07) is 6.82. The number of aromatic hydroxyl groups is 1. The van der Waals surface area contributed by atoms with Crippen LogP contribution in [0.15, 0.2) is 51.4 Å². The van der Waals surface area contributed by atoms with Crippen LogP contribution in [0.3, 0.4) is 0 Å². The van der Waals surface area contributed by atoms with Crippen LogP contribution in [0, 0.1) is 0 Å². The Labute approximate surface area is 139 Å². The number of allylic oxidation sites excluding steroid dienone is 2. The van der Waals surface area contributed by atoms with E-state index in [4.69, 9.17) is 5.11 Å². The molecule has 1 aliphatic rings.